The monoisotopic (exact) mass is 378 g/mol. The van der Waals surface area contributed by atoms with Crippen LogP contribution in [0.3, 0.4) is 0 Å². The van der Waals surface area contributed by atoms with E-state index in [1.165, 1.54) is 26.0 Å². The molecule has 1 aliphatic carbocycles. The second kappa shape index (κ2) is 6.12. The molecule has 0 spiro atoms. The second-order valence-corrected chi connectivity index (χ2v) is 6.68. The number of rotatable bonds is 2. The van der Waals surface area contributed by atoms with Gasteiger partial charge in [-0.1, -0.05) is 36.4 Å². The molecule has 0 atom stereocenters. The van der Waals surface area contributed by atoms with Crippen LogP contribution in [0.2, 0.25) is 0 Å². The van der Waals surface area contributed by atoms with Crippen molar-refractivity contribution in [3.8, 4) is 0 Å². The smallest absolute Gasteiger partial charge is 0.369 e. The standard InChI is InChI=1S/C20H14N2O6/c1-20(2)27-18(25)15(19(26)28-20)22-21-13-9-5-8-12-14(13)17(24)11-7-4-3-6-10(11)16(12)23/h3-9,21H,1-2H3. The zero-order valence-electron chi connectivity index (χ0n) is 14.9. The molecule has 0 saturated carbocycles. The van der Waals surface area contributed by atoms with Crippen molar-refractivity contribution in [2.45, 2.75) is 19.6 Å². The molecule has 0 unspecified atom stereocenters. The Hall–Kier alpha value is -3.81. The van der Waals surface area contributed by atoms with Crippen LogP contribution in [0.4, 0.5) is 5.69 Å². The molecule has 1 fully saturated rings. The van der Waals surface area contributed by atoms with Crippen LogP contribution in [0.5, 0.6) is 0 Å². The third-order valence-corrected chi connectivity index (χ3v) is 4.30. The number of hydrazone groups is 1. The van der Waals surface area contributed by atoms with Gasteiger partial charge in [0.15, 0.2) is 11.6 Å². The normalized spacial score (nSPS) is 17.3. The predicted molar refractivity (Wildman–Crippen MR) is 97.1 cm³/mol. The summed E-state index contributed by atoms with van der Waals surface area (Å²) < 4.78 is 9.94. The Morgan fingerprint density at radius 3 is 2.00 bits per heavy atom. The summed E-state index contributed by atoms with van der Waals surface area (Å²) in [6, 6.07) is 11.1. The van der Waals surface area contributed by atoms with Gasteiger partial charge in [0.2, 0.25) is 0 Å². The first-order valence-corrected chi connectivity index (χ1v) is 8.40. The number of esters is 2. The summed E-state index contributed by atoms with van der Waals surface area (Å²) in [5.74, 6) is -3.94. The minimum atomic E-state index is -1.38. The van der Waals surface area contributed by atoms with Crippen molar-refractivity contribution in [1.29, 1.82) is 0 Å². The quantitative estimate of drug-likeness (QED) is 0.537. The van der Waals surface area contributed by atoms with E-state index in [0.29, 0.717) is 5.56 Å². The molecule has 0 bridgehead atoms. The molecule has 0 radical (unpaired) electrons. The zero-order valence-corrected chi connectivity index (χ0v) is 14.9. The van der Waals surface area contributed by atoms with Crippen LogP contribution in [0.15, 0.2) is 47.6 Å². The molecular formula is C20H14N2O6. The van der Waals surface area contributed by atoms with Gasteiger partial charge in [0.05, 0.1) is 11.3 Å². The summed E-state index contributed by atoms with van der Waals surface area (Å²) in [5, 5.41) is 3.76. The Morgan fingerprint density at radius 2 is 1.36 bits per heavy atom. The molecule has 4 rings (SSSR count). The Balaban J connectivity index is 1.72. The lowest BCUT2D eigenvalue weighted by Gasteiger charge is -2.29. The first-order chi connectivity index (χ1) is 13.3. The van der Waals surface area contributed by atoms with Crippen molar-refractivity contribution in [2.24, 2.45) is 5.10 Å². The third-order valence-electron chi connectivity index (χ3n) is 4.30. The highest BCUT2D eigenvalue weighted by Gasteiger charge is 2.41. The van der Waals surface area contributed by atoms with Crippen LogP contribution < -0.4 is 5.43 Å². The fraction of sp³-hybridized carbons (Fsp3) is 0.150. The van der Waals surface area contributed by atoms with E-state index in [1.54, 1.807) is 30.3 Å². The van der Waals surface area contributed by atoms with E-state index in [4.69, 9.17) is 9.47 Å². The largest absolute Gasteiger partial charge is 0.418 e. The lowest BCUT2D eigenvalue weighted by molar-refractivity contribution is -0.214. The summed E-state index contributed by atoms with van der Waals surface area (Å²) >= 11 is 0. The number of carbonyl (C=O) groups is 4. The highest BCUT2D eigenvalue weighted by Crippen LogP contribution is 2.32. The molecular weight excluding hydrogens is 364 g/mol. The van der Waals surface area contributed by atoms with Gasteiger partial charge < -0.3 is 9.47 Å². The highest BCUT2D eigenvalue weighted by molar-refractivity contribution is 6.63. The van der Waals surface area contributed by atoms with Gasteiger partial charge in [-0.2, -0.15) is 5.10 Å². The summed E-state index contributed by atoms with van der Waals surface area (Å²) in [5.41, 5.74) is 3.05. The van der Waals surface area contributed by atoms with Crippen molar-refractivity contribution in [3.05, 3.63) is 64.7 Å². The van der Waals surface area contributed by atoms with E-state index in [9.17, 15) is 19.2 Å². The number of carbonyl (C=O) groups excluding carboxylic acids is 4. The summed E-state index contributed by atoms with van der Waals surface area (Å²) in [6.07, 6.45) is 0. The van der Waals surface area contributed by atoms with Gasteiger partial charge in [-0.3, -0.25) is 15.0 Å². The minimum absolute atomic E-state index is 0.119. The second-order valence-electron chi connectivity index (χ2n) is 6.68. The van der Waals surface area contributed by atoms with Crippen LogP contribution >= 0.6 is 0 Å². The average molecular weight is 378 g/mol. The SMILES string of the molecule is CC1(C)OC(=O)C(=NNc2cccc3c2C(=O)c2ccccc2C3=O)C(=O)O1. The van der Waals surface area contributed by atoms with E-state index in [2.05, 4.69) is 10.5 Å². The molecule has 8 nitrogen and oxygen atoms in total. The summed E-state index contributed by atoms with van der Waals surface area (Å²) in [4.78, 5) is 49.6. The molecule has 2 aromatic rings. The van der Waals surface area contributed by atoms with Crippen LogP contribution in [-0.2, 0) is 19.1 Å². The molecule has 0 amide bonds. The Morgan fingerprint density at radius 1 is 0.786 bits per heavy atom. The third kappa shape index (κ3) is 2.75. The zero-order chi connectivity index (χ0) is 20.1. The number of anilines is 1. The van der Waals surface area contributed by atoms with Gasteiger partial charge in [-0.15, -0.1) is 0 Å². The Kier molecular flexibility index (Phi) is 3.85. The molecule has 0 aromatic heterocycles. The summed E-state index contributed by atoms with van der Waals surface area (Å²) in [7, 11) is 0. The van der Waals surface area contributed by atoms with Gasteiger partial charge in [-0.05, 0) is 6.07 Å². The maximum atomic E-state index is 12.9. The maximum absolute atomic E-state index is 12.9. The molecule has 1 aliphatic heterocycles. The van der Waals surface area contributed by atoms with Gasteiger partial charge in [0.1, 0.15) is 0 Å². The lowest BCUT2D eigenvalue weighted by Crippen LogP contribution is -2.47. The topological polar surface area (TPSA) is 111 Å². The van der Waals surface area contributed by atoms with Gasteiger partial charge in [-0.25, -0.2) is 9.59 Å². The number of hydrogen-bond donors (Lipinski definition) is 1. The molecule has 1 N–H and O–H groups in total. The van der Waals surface area contributed by atoms with Crippen molar-refractivity contribution in [3.63, 3.8) is 0 Å². The number of cyclic esters (lactones) is 2. The van der Waals surface area contributed by atoms with Gasteiger partial charge in [0, 0.05) is 30.5 Å². The van der Waals surface area contributed by atoms with Crippen molar-refractivity contribution < 1.29 is 28.7 Å². The van der Waals surface area contributed by atoms with Crippen LogP contribution in [0, 0.1) is 0 Å². The highest BCUT2D eigenvalue weighted by atomic mass is 16.7. The van der Waals surface area contributed by atoms with E-state index in [-0.39, 0.29) is 33.9 Å². The van der Waals surface area contributed by atoms with Crippen LogP contribution in [0.1, 0.15) is 45.7 Å². The molecule has 1 saturated heterocycles. The predicted octanol–water partition coefficient (Wildman–Crippen LogP) is 2.07. The number of ketones is 2. The number of hydrogen-bond acceptors (Lipinski definition) is 8. The van der Waals surface area contributed by atoms with E-state index in [1.807, 2.05) is 0 Å². The average Bonchev–Trinajstić information content (AvgIpc) is 2.64. The number of nitrogens with zero attached hydrogens (tertiary/aromatic N) is 1. The van der Waals surface area contributed by atoms with Crippen molar-refractivity contribution in [1.82, 2.24) is 0 Å². The molecule has 2 aliphatic rings. The Labute approximate surface area is 159 Å². The minimum Gasteiger partial charge on any atom is -0.418 e. The van der Waals surface area contributed by atoms with E-state index < -0.39 is 23.4 Å². The van der Waals surface area contributed by atoms with Gasteiger partial charge >= 0.3 is 11.9 Å². The number of fused-ring (bicyclic) bond motifs is 2. The maximum Gasteiger partial charge on any atom is 0.369 e. The van der Waals surface area contributed by atoms with E-state index in [0.717, 1.165) is 0 Å². The fourth-order valence-electron chi connectivity index (χ4n) is 3.09. The Bertz CT molecular complexity index is 1080. The van der Waals surface area contributed by atoms with Crippen LogP contribution in [0.25, 0.3) is 0 Å². The van der Waals surface area contributed by atoms with Crippen molar-refractivity contribution in [2.75, 3.05) is 5.43 Å². The molecule has 8 heteroatoms. The molecule has 140 valence electrons. The lowest BCUT2D eigenvalue weighted by atomic mass is 9.83. The molecule has 28 heavy (non-hydrogen) atoms. The molecule has 1 heterocycles. The summed E-state index contributed by atoms with van der Waals surface area (Å²) in [6.45, 7) is 2.84. The molecule has 2 aromatic carbocycles. The first-order valence-electron chi connectivity index (χ1n) is 8.40. The first kappa shape index (κ1) is 17.6. The van der Waals surface area contributed by atoms with Crippen LogP contribution in [-0.4, -0.2) is 35.0 Å². The number of ether oxygens (including phenoxy) is 2. The van der Waals surface area contributed by atoms with Crippen molar-refractivity contribution >= 4 is 34.9 Å². The number of benzene rings is 2. The van der Waals surface area contributed by atoms with E-state index >= 15 is 0 Å². The number of nitrogens with one attached hydrogen (secondary N) is 1. The van der Waals surface area contributed by atoms with Gasteiger partial charge in [0.25, 0.3) is 11.5 Å². The fourth-order valence-corrected chi connectivity index (χ4v) is 3.09.